The molecule has 2 aliphatic heterocycles. The van der Waals surface area contributed by atoms with E-state index in [2.05, 4.69) is 10.6 Å². The van der Waals surface area contributed by atoms with Crippen LogP contribution in [-0.2, 0) is 11.4 Å². The number of hydrogen-bond acceptors (Lipinski definition) is 6. The van der Waals surface area contributed by atoms with E-state index in [-0.39, 0.29) is 18.3 Å². The van der Waals surface area contributed by atoms with Gasteiger partial charge in [0, 0.05) is 36.9 Å². The number of carbonyl (C=O) groups is 1. The zero-order valence-electron chi connectivity index (χ0n) is 21.8. The highest BCUT2D eigenvalue weighted by Crippen LogP contribution is 2.45. The van der Waals surface area contributed by atoms with Crippen molar-refractivity contribution in [3.05, 3.63) is 65.5 Å². The second kappa shape index (κ2) is 9.59. The average Bonchev–Trinajstić information content (AvgIpc) is 3.71. The van der Waals surface area contributed by atoms with E-state index in [1.165, 1.54) is 12.1 Å². The molecule has 8 heteroatoms. The number of hydrogen-bond donors (Lipinski definition) is 2. The Labute approximate surface area is 216 Å². The van der Waals surface area contributed by atoms with Crippen LogP contribution in [0.4, 0.5) is 15.8 Å². The lowest BCUT2D eigenvalue weighted by Crippen LogP contribution is -2.52. The third kappa shape index (κ3) is 4.93. The maximum atomic E-state index is 14.0. The summed E-state index contributed by atoms with van der Waals surface area (Å²) in [5, 5.41) is 6.58. The van der Waals surface area contributed by atoms with E-state index in [9.17, 15) is 9.18 Å². The van der Waals surface area contributed by atoms with Gasteiger partial charge in [-0.25, -0.2) is 4.39 Å². The molecule has 0 aliphatic carbocycles. The smallest absolute Gasteiger partial charge is 0.251 e. The summed E-state index contributed by atoms with van der Waals surface area (Å²) in [6.07, 6.45) is 0. The summed E-state index contributed by atoms with van der Waals surface area (Å²) in [4.78, 5) is 14.9. The lowest BCUT2D eigenvalue weighted by atomic mass is 9.91. The van der Waals surface area contributed by atoms with E-state index in [0.717, 1.165) is 45.9 Å². The van der Waals surface area contributed by atoms with Crippen LogP contribution in [0.25, 0.3) is 11.1 Å². The van der Waals surface area contributed by atoms with Crippen LogP contribution >= 0.6 is 0 Å². The topological polar surface area (TPSA) is 82.0 Å². The number of methoxy groups -OCH3 is 1. The molecule has 5 rings (SSSR count). The minimum Gasteiger partial charge on any atom is -0.496 e. The van der Waals surface area contributed by atoms with Gasteiger partial charge in [0.05, 0.1) is 24.5 Å². The summed E-state index contributed by atoms with van der Waals surface area (Å²) in [7, 11) is 3.39. The van der Waals surface area contributed by atoms with Gasteiger partial charge in [-0.2, -0.15) is 0 Å². The molecule has 1 fully saturated rings. The van der Waals surface area contributed by atoms with E-state index < -0.39 is 5.54 Å². The number of carbonyl (C=O) groups excluding carboxylic acids is 1. The molecule has 2 N–H and O–H groups in total. The Hall–Kier alpha value is -3.78. The maximum absolute atomic E-state index is 14.0. The molecule has 0 saturated carbocycles. The van der Waals surface area contributed by atoms with E-state index in [1.807, 2.05) is 51.1 Å². The monoisotopic (exact) mass is 505 g/mol. The van der Waals surface area contributed by atoms with Crippen LogP contribution in [0.15, 0.2) is 48.5 Å². The van der Waals surface area contributed by atoms with Crippen molar-refractivity contribution in [2.75, 3.05) is 37.5 Å². The quantitative estimate of drug-likeness (QED) is 0.424. The standard InChI is InChI=1S/C29H32FN3O4/c1-17-6-7-18(30)12-25(17)37-16-23-21(10-11-24-27(23)33(4)28(34)29(2,3)32-24)22-9-8-20(13-26(22)35-5)36-15-19-14-31-19/h6-13,19,31-32H,14-16H2,1-5H3/t19-/m1/s1. The van der Waals surface area contributed by atoms with Crippen LogP contribution in [0.1, 0.15) is 25.0 Å². The molecule has 2 heterocycles. The first-order valence-electron chi connectivity index (χ1n) is 12.3. The first-order valence-corrected chi connectivity index (χ1v) is 12.3. The normalized spacial score (nSPS) is 17.6. The number of benzene rings is 3. The van der Waals surface area contributed by atoms with Crippen molar-refractivity contribution >= 4 is 17.3 Å². The molecule has 194 valence electrons. The van der Waals surface area contributed by atoms with Crippen molar-refractivity contribution in [2.45, 2.75) is 39.0 Å². The van der Waals surface area contributed by atoms with Gasteiger partial charge in [-0.15, -0.1) is 0 Å². The van der Waals surface area contributed by atoms with Crippen molar-refractivity contribution in [3.63, 3.8) is 0 Å². The molecule has 0 spiro atoms. The molecule has 3 aromatic rings. The van der Waals surface area contributed by atoms with Gasteiger partial charge < -0.3 is 29.7 Å². The summed E-state index contributed by atoms with van der Waals surface area (Å²) in [5.41, 5.74) is 4.08. The third-order valence-corrected chi connectivity index (χ3v) is 6.83. The lowest BCUT2D eigenvalue weighted by Gasteiger charge is -2.39. The molecular weight excluding hydrogens is 473 g/mol. The molecule has 0 aromatic heterocycles. The summed E-state index contributed by atoms with van der Waals surface area (Å²) in [5.74, 6) is 1.37. The van der Waals surface area contributed by atoms with Crippen molar-refractivity contribution in [1.29, 1.82) is 0 Å². The van der Waals surface area contributed by atoms with Gasteiger partial charge in [0.1, 0.15) is 41.8 Å². The van der Waals surface area contributed by atoms with Crippen LogP contribution in [-0.4, -0.2) is 44.8 Å². The zero-order valence-corrected chi connectivity index (χ0v) is 21.8. The van der Waals surface area contributed by atoms with Gasteiger partial charge in [-0.05, 0) is 56.2 Å². The van der Waals surface area contributed by atoms with Gasteiger partial charge in [-0.3, -0.25) is 4.79 Å². The van der Waals surface area contributed by atoms with Crippen molar-refractivity contribution in [3.8, 4) is 28.4 Å². The van der Waals surface area contributed by atoms with Gasteiger partial charge in [-0.1, -0.05) is 12.1 Å². The van der Waals surface area contributed by atoms with E-state index >= 15 is 0 Å². The number of ether oxygens (including phenoxy) is 3. The fourth-order valence-electron chi connectivity index (χ4n) is 4.69. The molecule has 1 atom stereocenters. The van der Waals surface area contributed by atoms with Crippen molar-refractivity contribution in [2.24, 2.45) is 0 Å². The lowest BCUT2D eigenvalue weighted by molar-refractivity contribution is -0.121. The predicted molar refractivity (Wildman–Crippen MR) is 142 cm³/mol. The maximum Gasteiger partial charge on any atom is 0.251 e. The SMILES string of the molecule is COc1cc(OC[C@H]2CN2)ccc1-c1ccc2c(c1COc1cc(F)ccc1C)N(C)C(=O)C(C)(C)N2. The number of amides is 1. The molecule has 2 aliphatic rings. The van der Waals surface area contributed by atoms with Crippen molar-refractivity contribution < 1.29 is 23.4 Å². The highest BCUT2D eigenvalue weighted by Gasteiger charge is 2.38. The second-order valence-corrected chi connectivity index (χ2v) is 10.1. The molecule has 0 bridgehead atoms. The Morgan fingerprint density at radius 2 is 1.81 bits per heavy atom. The van der Waals surface area contributed by atoms with Crippen LogP contribution in [0.3, 0.4) is 0 Å². The average molecular weight is 506 g/mol. The predicted octanol–water partition coefficient (Wildman–Crippen LogP) is 4.91. The molecule has 1 saturated heterocycles. The molecule has 0 unspecified atom stereocenters. The molecule has 1 amide bonds. The Bertz CT molecular complexity index is 1350. The van der Waals surface area contributed by atoms with Crippen LogP contribution < -0.4 is 29.7 Å². The first kappa shape index (κ1) is 24.9. The number of aryl methyl sites for hydroxylation is 1. The molecule has 37 heavy (non-hydrogen) atoms. The van der Waals surface area contributed by atoms with Gasteiger partial charge >= 0.3 is 0 Å². The van der Waals surface area contributed by atoms with E-state index in [4.69, 9.17) is 14.2 Å². The fraction of sp³-hybridized carbons (Fsp3) is 0.345. The van der Waals surface area contributed by atoms with Gasteiger partial charge in [0.25, 0.3) is 5.91 Å². The Morgan fingerprint density at radius 1 is 1.05 bits per heavy atom. The van der Waals surface area contributed by atoms with E-state index in [1.54, 1.807) is 25.1 Å². The molecule has 3 aromatic carbocycles. The summed E-state index contributed by atoms with van der Waals surface area (Å²) in [6.45, 7) is 7.27. The Morgan fingerprint density at radius 3 is 2.54 bits per heavy atom. The first-order chi connectivity index (χ1) is 17.7. The second-order valence-electron chi connectivity index (χ2n) is 10.1. The minimum absolute atomic E-state index is 0.0651. The summed E-state index contributed by atoms with van der Waals surface area (Å²) < 4.78 is 31.8. The number of likely N-dealkylation sites (N-methyl/N-ethyl adjacent to an activating group) is 1. The van der Waals surface area contributed by atoms with E-state index in [0.29, 0.717) is 24.1 Å². The number of halogens is 1. The number of nitrogens with zero attached hydrogens (tertiary/aromatic N) is 1. The van der Waals surface area contributed by atoms with Crippen LogP contribution in [0.2, 0.25) is 0 Å². The van der Waals surface area contributed by atoms with Crippen molar-refractivity contribution in [1.82, 2.24) is 5.32 Å². The highest BCUT2D eigenvalue weighted by molar-refractivity contribution is 6.08. The third-order valence-electron chi connectivity index (χ3n) is 6.83. The number of nitrogens with one attached hydrogen (secondary N) is 2. The Balaban J connectivity index is 1.59. The molecular formula is C29H32FN3O4. The van der Waals surface area contributed by atoms with Crippen LogP contribution in [0, 0.1) is 12.7 Å². The highest BCUT2D eigenvalue weighted by atomic mass is 19.1. The molecule has 0 radical (unpaired) electrons. The van der Waals surface area contributed by atoms with Gasteiger partial charge in [0.2, 0.25) is 0 Å². The largest absolute Gasteiger partial charge is 0.496 e. The fourth-order valence-corrected chi connectivity index (χ4v) is 4.69. The van der Waals surface area contributed by atoms with Gasteiger partial charge in [0.15, 0.2) is 0 Å². The summed E-state index contributed by atoms with van der Waals surface area (Å²) in [6, 6.07) is 14.6. The number of fused-ring (bicyclic) bond motifs is 1. The number of anilines is 2. The Kier molecular flexibility index (Phi) is 6.45. The van der Waals surface area contributed by atoms with Crippen LogP contribution in [0.5, 0.6) is 17.2 Å². The number of rotatable bonds is 8. The minimum atomic E-state index is -0.756. The zero-order chi connectivity index (χ0) is 26.3. The molecule has 7 nitrogen and oxygen atoms in total. The summed E-state index contributed by atoms with van der Waals surface area (Å²) >= 11 is 0.